The van der Waals surface area contributed by atoms with E-state index in [2.05, 4.69) is 5.32 Å². The largest absolute Gasteiger partial charge is 0.457 e. The van der Waals surface area contributed by atoms with Crippen molar-refractivity contribution in [2.75, 3.05) is 0 Å². The van der Waals surface area contributed by atoms with Crippen molar-refractivity contribution < 1.29 is 18.0 Å². The number of rotatable bonds is 3. The molecule has 1 saturated heterocycles. The van der Waals surface area contributed by atoms with E-state index in [0.29, 0.717) is 27.9 Å². The zero-order valence-corrected chi connectivity index (χ0v) is 15.3. The highest BCUT2D eigenvalue weighted by Crippen LogP contribution is 2.28. The average molecular weight is 388 g/mol. The van der Waals surface area contributed by atoms with E-state index in [1.165, 1.54) is 12.5 Å². The number of hydrogen-bond donors (Lipinski definition) is 1. The Labute approximate surface area is 160 Å². The van der Waals surface area contributed by atoms with Crippen LogP contribution in [-0.4, -0.2) is 22.0 Å². The predicted octanol–water partition coefficient (Wildman–Crippen LogP) is 4.62. The van der Waals surface area contributed by atoms with Crippen LogP contribution in [0.2, 0.25) is 0 Å². The molecule has 0 spiro atoms. The molecule has 1 aromatic heterocycles. The molecule has 4 nitrogen and oxygen atoms in total. The van der Waals surface area contributed by atoms with Gasteiger partial charge in [-0.3, -0.25) is 9.69 Å². The Hall–Kier alpha value is -2.54. The monoisotopic (exact) mass is 388 g/mol. The number of carbonyl (C=O) groups excluding carboxylic acids is 1. The number of furan rings is 1. The predicted molar refractivity (Wildman–Crippen MR) is 101 cm³/mol. The molecule has 4 rings (SSSR count). The Morgan fingerprint density at radius 1 is 1.11 bits per heavy atom. The fraction of sp³-hybridized carbons (Fsp3) is 0.300. The van der Waals surface area contributed by atoms with Crippen molar-refractivity contribution in [3.63, 3.8) is 0 Å². The van der Waals surface area contributed by atoms with Crippen LogP contribution in [0.5, 0.6) is 0 Å². The lowest BCUT2D eigenvalue weighted by atomic mass is 9.94. The van der Waals surface area contributed by atoms with Crippen molar-refractivity contribution in [2.45, 2.75) is 38.1 Å². The summed E-state index contributed by atoms with van der Waals surface area (Å²) in [5, 5.41) is 3.39. The quantitative estimate of drug-likeness (QED) is 0.616. The molecule has 2 heterocycles. The van der Waals surface area contributed by atoms with Gasteiger partial charge in [-0.2, -0.15) is 0 Å². The number of hydrogen-bond acceptors (Lipinski definition) is 3. The van der Waals surface area contributed by atoms with E-state index in [1.807, 2.05) is 0 Å². The van der Waals surface area contributed by atoms with Crippen LogP contribution >= 0.6 is 12.2 Å². The summed E-state index contributed by atoms with van der Waals surface area (Å²) in [4.78, 5) is 14.4. The first kappa shape index (κ1) is 17.9. The lowest BCUT2D eigenvalue weighted by Gasteiger charge is -2.29. The van der Waals surface area contributed by atoms with Crippen LogP contribution in [0.3, 0.4) is 0 Å². The van der Waals surface area contributed by atoms with Crippen LogP contribution in [0, 0.1) is 11.6 Å². The summed E-state index contributed by atoms with van der Waals surface area (Å²) < 4.78 is 32.2. The third kappa shape index (κ3) is 3.51. The van der Waals surface area contributed by atoms with Gasteiger partial charge >= 0.3 is 0 Å². The summed E-state index contributed by atoms with van der Waals surface area (Å²) in [6.07, 6.45) is 6.91. The topological polar surface area (TPSA) is 45.5 Å². The Kier molecular flexibility index (Phi) is 4.78. The van der Waals surface area contributed by atoms with Crippen molar-refractivity contribution in [3.8, 4) is 11.3 Å². The molecule has 1 aromatic carbocycles. The molecule has 2 fully saturated rings. The maximum Gasteiger partial charge on any atom is 0.276 e. The normalized spacial score (nSPS) is 19.8. The SMILES string of the molecule is O=C1C(=Cc2ccc(-c3ccc(F)c(F)c3)o2)NC(=S)N1C1CCCCC1. The standard InChI is InChI=1S/C20H18F2N2O2S/c21-15-8-6-12(10-16(15)22)18-9-7-14(26-18)11-17-19(25)24(20(27)23-17)13-4-2-1-3-5-13/h6-11,13H,1-5H2,(H,23,27). The zero-order valence-electron chi connectivity index (χ0n) is 14.5. The van der Waals surface area contributed by atoms with Crippen LogP contribution in [0.4, 0.5) is 8.78 Å². The van der Waals surface area contributed by atoms with Gasteiger partial charge in [0.2, 0.25) is 0 Å². The molecule has 2 aliphatic rings. The Balaban J connectivity index is 1.55. The van der Waals surface area contributed by atoms with Crippen LogP contribution in [0.15, 0.2) is 40.4 Å². The van der Waals surface area contributed by atoms with Crippen LogP contribution in [0.1, 0.15) is 37.9 Å². The molecule has 0 unspecified atom stereocenters. The molecule has 1 N–H and O–H groups in total. The molecule has 7 heteroatoms. The highest BCUT2D eigenvalue weighted by molar-refractivity contribution is 7.80. The number of nitrogens with one attached hydrogen (secondary N) is 1. The minimum atomic E-state index is -0.940. The van der Waals surface area contributed by atoms with Crippen molar-refractivity contribution >= 4 is 29.3 Å². The summed E-state index contributed by atoms with van der Waals surface area (Å²) in [5.74, 6) is -1.19. The molecule has 0 radical (unpaired) electrons. The number of amides is 1. The molecular weight excluding hydrogens is 370 g/mol. The molecule has 140 valence electrons. The van der Waals surface area contributed by atoms with Crippen molar-refractivity contribution in [2.24, 2.45) is 0 Å². The summed E-state index contributed by atoms with van der Waals surface area (Å²) in [6.45, 7) is 0. The fourth-order valence-electron chi connectivity index (χ4n) is 3.60. The number of benzene rings is 1. The number of thiocarbonyl (C=S) groups is 1. The van der Waals surface area contributed by atoms with Gasteiger partial charge in [0.25, 0.3) is 5.91 Å². The van der Waals surface area contributed by atoms with Crippen molar-refractivity contribution in [3.05, 3.63) is 53.4 Å². The van der Waals surface area contributed by atoms with Crippen LogP contribution in [-0.2, 0) is 4.79 Å². The second-order valence-electron chi connectivity index (χ2n) is 6.79. The van der Waals surface area contributed by atoms with Crippen LogP contribution in [0.25, 0.3) is 17.4 Å². The number of halogens is 2. The molecule has 0 atom stereocenters. The Bertz CT molecular complexity index is 932. The highest BCUT2D eigenvalue weighted by atomic mass is 32.1. The fourth-order valence-corrected chi connectivity index (χ4v) is 3.94. The first-order valence-electron chi connectivity index (χ1n) is 8.94. The van der Waals surface area contributed by atoms with E-state index in [9.17, 15) is 13.6 Å². The minimum Gasteiger partial charge on any atom is -0.457 e. The maximum absolute atomic E-state index is 13.4. The van der Waals surface area contributed by atoms with Crippen molar-refractivity contribution in [1.82, 2.24) is 10.2 Å². The van der Waals surface area contributed by atoms with Gasteiger partial charge in [0.1, 0.15) is 17.2 Å². The van der Waals surface area contributed by atoms with Gasteiger partial charge < -0.3 is 9.73 Å². The lowest BCUT2D eigenvalue weighted by Crippen LogP contribution is -2.41. The molecular formula is C20H18F2N2O2S. The van der Waals surface area contributed by atoms with Gasteiger partial charge in [0.05, 0.1) is 0 Å². The minimum absolute atomic E-state index is 0.145. The average Bonchev–Trinajstić information content (AvgIpc) is 3.23. The highest BCUT2D eigenvalue weighted by Gasteiger charge is 2.36. The zero-order chi connectivity index (χ0) is 19.0. The Morgan fingerprint density at radius 3 is 2.63 bits per heavy atom. The molecule has 0 bridgehead atoms. The van der Waals surface area contributed by atoms with Gasteiger partial charge in [-0.05, 0) is 55.4 Å². The number of nitrogens with zero attached hydrogens (tertiary/aromatic N) is 1. The molecule has 1 saturated carbocycles. The smallest absolute Gasteiger partial charge is 0.276 e. The van der Waals surface area contributed by atoms with Gasteiger partial charge in [-0.25, -0.2) is 8.78 Å². The van der Waals surface area contributed by atoms with E-state index < -0.39 is 11.6 Å². The summed E-state index contributed by atoms with van der Waals surface area (Å²) in [7, 11) is 0. The maximum atomic E-state index is 13.4. The molecule has 2 aromatic rings. The second-order valence-corrected chi connectivity index (χ2v) is 7.17. The summed E-state index contributed by atoms with van der Waals surface area (Å²) in [5.41, 5.74) is 0.778. The molecule has 1 amide bonds. The number of carbonyl (C=O) groups is 1. The van der Waals surface area contributed by atoms with Crippen molar-refractivity contribution in [1.29, 1.82) is 0 Å². The first-order valence-corrected chi connectivity index (χ1v) is 9.35. The van der Waals surface area contributed by atoms with E-state index in [-0.39, 0.29) is 11.9 Å². The van der Waals surface area contributed by atoms with E-state index >= 15 is 0 Å². The third-order valence-electron chi connectivity index (χ3n) is 4.97. The van der Waals surface area contributed by atoms with Gasteiger partial charge in [-0.15, -0.1) is 0 Å². The lowest BCUT2D eigenvalue weighted by molar-refractivity contribution is -0.124. The molecule has 1 aliphatic heterocycles. The molecule has 1 aliphatic carbocycles. The second kappa shape index (κ2) is 7.23. The van der Waals surface area contributed by atoms with Gasteiger partial charge in [-0.1, -0.05) is 19.3 Å². The van der Waals surface area contributed by atoms with Gasteiger partial charge in [0.15, 0.2) is 16.7 Å². The first-order chi connectivity index (χ1) is 13.0. The Morgan fingerprint density at radius 2 is 1.89 bits per heavy atom. The summed E-state index contributed by atoms with van der Waals surface area (Å²) >= 11 is 5.35. The third-order valence-corrected chi connectivity index (χ3v) is 5.27. The van der Waals surface area contributed by atoms with E-state index in [4.69, 9.17) is 16.6 Å². The van der Waals surface area contributed by atoms with E-state index in [0.717, 1.165) is 37.8 Å². The summed E-state index contributed by atoms with van der Waals surface area (Å²) in [6, 6.07) is 7.03. The van der Waals surface area contributed by atoms with E-state index in [1.54, 1.807) is 23.1 Å². The van der Waals surface area contributed by atoms with Gasteiger partial charge in [0, 0.05) is 17.7 Å². The molecule has 27 heavy (non-hydrogen) atoms. The van der Waals surface area contributed by atoms with Crippen LogP contribution < -0.4 is 5.32 Å².